The fourth-order valence-corrected chi connectivity index (χ4v) is 3.92. The first kappa shape index (κ1) is 17.2. The molecule has 0 spiro atoms. The van der Waals surface area contributed by atoms with Crippen LogP contribution in [0.2, 0.25) is 0 Å². The molecule has 1 aliphatic carbocycles. The van der Waals surface area contributed by atoms with Crippen LogP contribution in [0.4, 0.5) is 0 Å². The molecule has 1 heterocycles. The van der Waals surface area contributed by atoms with Gasteiger partial charge in [0.25, 0.3) is 0 Å². The highest BCUT2D eigenvalue weighted by Crippen LogP contribution is 2.39. The Bertz CT molecular complexity index is 295. The Morgan fingerprint density at radius 2 is 1.81 bits per heavy atom. The fourth-order valence-electron chi connectivity index (χ4n) is 3.92. The van der Waals surface area contributed by atoms with E-state index >= 15 is 0 Å². The Hall–Kier alpha value is -0.120. The Balaban J connectivity index is 1.94. The first-order valence-electron chi connectivity index (χ1n) is 9.13. The molecule has 1 aliphatic heterocycles. The molecular weight excluding hydrogens is 258 g/mol. The minimum atomic E-state index is 0.527. The largest absolute Gasteiger partial charge is 0.314 e. The molecule has 0 radical (unpaired) electrons. The zero-order valence-electron chi connectivity index (χ0n) is 14.8. The molecule has 2 fully saturated rings. The average molecular weight is 296 g/mol. The summed E-state index contributed by atoms with van der Waals surface area (Å²) in [6.45, 7) is 14.6. The third-order valence-electron chi connectivity index (χ3n) is 5.59. The molecular formula is C18H37N3. The summed E-state index contributed by atoms with van der Waals surface area (Å²) in [6, 6.07) is 0.608. The van der Waals surface area contributed by atoms with Crippen molar-refractivity contribution < 1.29 is 0 Å². The number of nitrogens with zero attached hydrogens (tertiary/aromatic N) is 2. The molecule has 1 saturated carbocycles. The van der Waals surface area contributed by atoms with Crippen molar-refractivity contribution in [2.45, 2.75) is 58.9 Å². The smallest absolute Gasteiger partial charge is 0.0109 e. The highest BCUT2D eigenvalue weighted by molar-refractivity contribution is 4.90. The third-order valence-corrected chi connectivity index (χ3v) is 5.59. The second-order valence-corrected chi connectivity index (χ2v) is 8.15. The summed E-state index contributed by atoms with van der Waals surface area (Å²) < 4.78 is 0. The lowest BCUT2D eigenvalue weighted by Gasteiger charge is -2.43. The predicted octanol–water partition coefficient (Wildman–Crippen LogP) is 2.82. The first-order chi connectivity index (χ1) is 9.99. The summed E-state index contributed by atoms with van der Waals surface area (Å²) in [4.78, 5) is 5.24. The van der Waals surface area contributed by atoms with E-state index in [0.29, 0.717) is 11.5 Å². The zero-order valence-corrected chi connectivity index (χ0v) is 14.8. The van der Waals surface area contributed by atoms with Gasteiger partial charge in [-0.05, 0) is 50.7 Å². The van der Waals surface area contributed by atoms with Gasteiger partial charge in [0.05, 0.1) is 0 Å². The number of likely N-dealkylation sites (N-methyl/N-ethyl adjacent to an activating group) is 1. The van der Waals surface area contributed by atoms with Gasteiger partial charge in [-0.1, -0.05) is 33.6 Å². The summed E-state index contributed by atoms with van der Waals surface area (Å²) in [6.07, 6.45) is 7.02. The van der Waals surface area contributed by atoms with Crippen LogP contribution in [0.5, 0.6) is 0 Å². The summed E-state index contributed by atoms with van der Waals surface area (Å²) in [5, 5.41) is 3.75. The molecule has 3 heteroatoms. The van der Waals surface area contributed by atoms with E-state index < -0.39 is 0 Å². The van der Waals surface area contributed by atoms with Crippen molar-refractivity contribution in [1.82, 2.24) is 15.1 Å². The van der Waals surface area contributed by atoms with E-state index in [-0.39, 0.29) is 0 Å². The molecule has 0 aromatic carbocycles. The fraction of sp³-hybridized carbons (Fsp3) is 1.00. The topological polar surface area (TPSA) is 18.5 Å². The van der Waals surface area contributed by atoms with Gasteiger partial charge >= 0.3 is 0 Å². The number of hydrogen-bond donors (Lipinski definition) is 1. The van der Waals surface area contributed by atoms with Crippen LogP contribution in [0.3, 0.4) is 0 Å². The van der Waals surface area contributed by atoms with Crippen molar-refractivity contribution in [3.63, 3.8) is 0 Å². The average Bonchev–Trinajstić information content (AvgIpc) is 2.65. The van der Waals surface area contributed by atoms with Crippen molar-refractivity contribution in [3.05, 3.63) is 0 Å². The van der Waals surface area contributed by atoms with E-state index in [1.165, 1.54) is 71.4 Å². The van der Waals surface area contributed by atoms with Gasteiger partial charge in [-0.2, -0.15) is 0 Å². The maximum absolute atomic E-state index is 3.75. The van der Waals surface area contributed by atoms with Gasteiger partial charge in [0.1, 0.15) is 0 Å². The lowest BCUT2D eigenvalue weighted by molar-refractivity contribution is 0.0863. The van der Waals surface area contributed by atoms with Gasteiger partial charge in [-0.15, -0.1) is 0 Å². The molecule has 0 bridgehead atoms. The molecule has 2 aliphatic rings. The van der Waals surface area contributed by atoms with Crippen molar-refractivity contribution in [3.8, 4) is 0 Å². The van der Waals surface area contributed by atoms with Crippen LogP contribution >= 0.6 is 0 Å². The maximum Gasteiger partial charge on any atom is 0.0109 e. The number of hydrogen-bond acceptors (Lipinski definition) is 3. The second-order valence-electron chi connectivity index (χ2n) is 8.15. The van der Waals surface area contributed by atoms with Crippen LogP contribution in [0.1, 0.15) is 52.9 Å². The molecule has 21 heavy (non-hydrogen) atoms. The summed E-state index contributed by atoms with van der Waals surface area (Å²) in [7, 11) is 2.27. The molecule has 3 nitrogen and oxygen atoms in total. The monoisotopic (exact) mass is 295 g/mol. The van der Waals surface area contributed by atoms with Crippen LogP contribution in [0.25, 0.3) is 0 Å². The van der Waals surface area contributed by atoms with Gasteiger partial charge in [-0.3, -0.25) is 0 Å². The summed E-state index contributed by atoms with van der Waals surface area (Å²) in [5.41, 5.74) is 0.527. The zero-order chi connectivity index (χ0) is 15.3. The van der Waals surface area contributed by atoms with Gasteiger partial charge in [0, 0.05) is 32.2 Å². The standard InChI is InChI=1S/C18H37N3/c1-16(2)19-14-18(8-6-17(3)7-9-18)15-21-11-5-10-20(4)12-13-21/h16-17,19H,5-15H2,1-4H3. The minimum absolute atomic E-state index is 0.527. The van der Waals surface area contributed by atoms with E-state index in [0.717, 1.165) is 5.92 Å². The summed E-state index contributed by atoms with van der Waals surface area (Å²) in [5.74, 6) is 0.937. The van der Waals surface area contributed by atoms with Crippen molar-refractivity contribution >= 4 is 0 Å². The van der Waals surface area contributed by atoms with E-state index in [4.69, 9.17) is 0 Å². The van der Waals surface area contributed by atoms with E-state index in [2.05, 4.69) is 42.9 Å². The molecule has 124 valence electrons. The normalized spacial score (nSPS) is 33.3. The van der Waals surface area contributed by atoms with Gasteiger partial charge in [0.2, 0.25) is 0 Å². The highest BCUT2D eigenvalue weighted by atomic mass is 15.2. The van der Waals surface area contributed by atoms with Gasteiger partial charge < -0.3 is 15.1 Å². The van der Waals surface area contributed by atoms with Crippen molar-refractivity contribution in [1.29, 1.82) is 0 Å². The van der Waals surface area contributed by atoms with E-state index in [1.807, 2.05) is 0 Å². The highest BCUT2D eigenvalue weighted by Gasteiger charge is 2.35. The van der Waals surface area contributed by atoms with Crippen molar-refractivity contribution in [2.24, 2.45) is 11.3 Å². The Kier molecular flexibility index (Phi) is 6.51. The molecule has 0 atom stereocenters. The number of nitrogens with one attached hydrogen (secondary N) is 1. The van der Waals surface area contributed by atoms with Gasteiger partial charge in [0.15, 0.2) is 0 Å². The third kappa shape index (κ3) is 5.54. The molecule has 1 saturated heterocycles. The minimum Gasteiger partial charge on any atom is -0.314 e. The van der Waals surface area contributed by atoms with E-state index in [9.17, 15) is 0 Å². The van der Waals surface area contributed by atoms with Crippen LogP contribution < -0.4 is 5.32 Å². The van der Waals surface area contributed by atoms with Gasteiger partial charge in [-0.25, -0.2) is 0 Å². The lowest BCUT2D eigenvalue weighted by Crippen LogP contribution is -2.48. The SMILES string of the molecule is CC1CCC(CNC(C)C)(CN2CCCN(C)CC2)CC1. The Morgan fingerprint density at radius 3 is 2.48 bits per heavy atom. The van der Waals surface area contributed by atoms with Crippen LogP contribution in [-0.4, -0.2) is 62.2 Å². The van der Waals surface area contributed by atoms with Crippen LogP contribution in [-0.2, 0) is 0 Å². The predicted molar refractivity (Wildman–Crippen MR) is 91.8 cm³/mol. The molecule has 0 amide bonds. The van der Waals surface area contributed by atoms with Crippen LogP contribution in [0, 0.1) is 11.3 Å². The molecule has 2 rings (SSSR count). The maximum atomic E-state index is 3.75. The van der Waals surface area contributed by atoms with Crippen molar-refractivity contribution in [2.75, 3.05) is 46.3 Å². The second kappa shape index (κ2) is 7.94. The molecule has 0 aromatic heterocycles. The molecule has 0 unspecified atom stereocenters. The number of rotatable bonds is 5. The molecule has 0 aromatic rings. The first-order valence-corrected chi connectivity index (χ1v) is 9.13. The quantitative estimate of drug-likeness (QED) is 0.841. The van der Waals surface area contributed by atoms with E-state index in [1.54, 1.807) is 0 Å². The Morgan fingerprint density at radius 1 is 1.10 bits per heavy atom. The lowest BCUT2D eigenvalue weighted by atomic mass is 9.70. The van der Waals surface area contributed by atoms with Crippen LogP contribution in [0.15, 0.2) is 0 Å². The Labute approximate surface area is 132 Å². The molecule has 1 N–H and O–H groups in total. The summed E-state index contributed by atoms with van der Waals surface area (Å²) >= 11 is 0.